The summed E-state index contributed by atoms with van der Waals surface area (Å²) in [6.45, 7) is 5.82. The first kappa shape index (κ1) is 17.2. The molecule has 0 radical (unpaired) electrons. The molecule has 5 heteroatoms. The minimum atomic E-state index is -0.462. The number of hydrogen-bond acceptors (Lipinski definition) is 2. The molecule has 4 nitrogen and oxygen atoms in total. The van der Waals surface area contributed by atoms with E-state index in [0.717, 1.165) is 25.7 Å². The summed E-state index contributed by atoms with van der Waals surface area (Å²) in [6.07, 6.45) is 7.53. The highest BCUT2D eigenvalue weighted by Gasteiger charge is 2.59. The van der Waals surface area contributed by atoms with E-state index in [1.807, 2.05) is 13.8 Å². The normalized spacial score (nSPS) is 40.5. The van der Waals surface area contributed by atoms with E-state index in [1.165, 1.54) is 19.3 Å². The van der Waals surface area contributed by atoms with E-state index in [4.69, 9.17) is 0 Å². The average Bonchev–Trinajstić information content (AvgIpc) is 2.44. The lowest BCUT2D eigenvalue weighted by atomic mass is 9.49. The van der Waals surface area contributed by atoms with Crippen molar-refractivity contribution < 1.29 is 9.59 Å². The summed E-state index contributed by atoms with van der Waals surface area (Å²) in [7, 11) is 0. The smallest absolute Gasteiger partial charge is 0.242 e. The maximum atomic E-state index is 13.0. The molecule has 23 heavy (non-hydrogen) atoms. The van der Waals surface area contributed by atoms with Crippen LogP contribution in [0.2, 0.25) is 0 Å². The third-order valence-corrected chi connectivity index (χ3v) is 7.14. The molecule has 4 atom stereocenters. The summed E-state index contributed by atoms with van der Waals surface area (Å²) in [5.74, 6) is 1.37. The van der Waals surface area contributed by atoms with Crippen molar-refractivity contribution in [2.45, 2.75) is 82.1 Å². The number of amides is 2. The van der Waals surface area contributed by atoms with Crippen LogP contribution in [0, 0.1) is 17.3 Å². The van der Waals surface area contributed by atoms with E-state index in [1.54, 1.807) is 6.92 Å². The van der Waals surface area contributed by atoms with Crippen LogP contribution in [-0.2, 0) is 9.59 Å². The topological polar surface area (TPSA) is 58.2 Å². The second-order valence-corrected chi connectivity index (χ2v) is 10.1. The molecule has 0 aromatic rings. The fourth-order valence-corrected chi connectivity index (χ4v) is 6.75. The quantitative estimate of drug-likeness (QED) is 0.715. The molecule has 4 aliphatic carbocycles. The molecular weight excluding hydrogens is 356 g/mol. The fourth-order valence-electron chi connectivity index (χ4n) is 5.30. The molecular formula is C18H29BrN2O2. The maximum Gasteiger partial charge on any atom is 0.242 e. The predicted octanol–water partition coefficient (Wildman–Crippen LogP) is 3.14. The molecule has 0 spiro atoms. The van der Waals surface area contributed by atoms with Gasteiger partial charge in [0.15, 0.2) is 0 Å². The first-order valence-corrected chi connectivity index (χ1v) is 9.85. The molecule has 4 fully saturated rings. The molecule has 0 saturated heterocycles. The van der Waals surface area contributed by atoms with Gasteiger partial charge in [-0.1, -0.05) is 22.9 Å². The maximum absolute atomic E-state index is 13.0. The molecule has 0 aromatic heterocycles. The Labute approximate surface area is 147 Å². The van der Waals surface area contributed by atoms with E-state index in [2.05, 4.69) is 26.6 Å². The van der Waals surface area contributed by atoms with Crippen LogP contribution in [0.15, 0.2) is 0 Å². The summed E-state index contributed by atoms with van der Waals surface area (Å²) in [5.41, 5.74) is -0.251. The summed E-state index contributed by atoms with van der Waals surface area (Å²) in [4.78, 5) is 25.2. The van der Waals surface area contributed by atoms with Gasteiger partial charge in [-0.05, 0) is 70.6 Å². The van der Waals surface area contributed by atoms with E-state index in [-0.39, 0.29) is 27.6 Å². The highest BCUT2D eigenvalue weighted by atomic mass is 79.9. The van der Waals surface area contributed by atoms with Crippen molar-refractivity contribution in [2.75, 3.05) is 0 Å². The molecule has 0 aromatic carbocycles. The van der Waals surface area contributed by atoms with Crippen LogP contribution in [0.4, 0.5) is 0 Å². The number of hydrogen-bond donors (Lipinski definition) is 2. The third kappa shape index (κ3) is 3.31. The van der Waals surface area contributed by atoms with Crippen LogP contribution in [0.25, 0.3) is 0 Å². The Balaban J connectivity index is 1.65. The Hall–Kier alpha value is -0.580. The largest absolute Gasteiger partial charge is 0.352 e. The van der Waals surface area contributed by atoms with Gasteiger partial charge >= 0.3 is 0 Å². The van der Waals surface area contributed by atoms with E-state index in [9.17, 15) is 9.59 Å². The van der Waals surface area contributed by atoms with Crippen molar-refractivity contribution in [1.29, 1.82) is 0 Å². The molecule has 4 saturated carbocycles. The molecule has 0 aliphatic heterocycles. The van der Waals surface area contributed by atoms with Crippen LogP contribution < -0.4 is 10.6 Å². The highest BCUT2D eigenvalue weighted by molar-refractivity contribution is 9.10. The van der Waals surface area contributed by atoms with Crippen molar-refractivity contribution in [2.24, 2.45) is 17.3 Å². The van der Waals surface area contributed by atoms with Crippen LogP contribution in [0.5, 0.6) is 0 Å². The first-order valence-electron chi connectivity index (χ1n) is 9.05. The number of nitrogens with one attached hydrogen (secondary N) is 2. The standard InChI is InChI=1S/C18H29BrN2O2/c1-4-11(2)20-15(22)12(3)21-16(23)17-6-13-5-14(7-17)9-18(19,8-13)10-17/h11-14H,4-10H2,1-3H3,(H,20,22)(H,21,23). The molecule has 4 aliphatic rings. The van der Waals surface area contributed by atoms with Gasteiger partial charge in [0.25, 0.3) is 0 Å². The Kier molecular flexibility index (Phi) is 4.54. The van der Waals surface area contributed by atoms with Gasteiger partial charge in [0.2, 0.25) is 11.8 Å². The van der Waals surface area contributed by atoms with Gasteiger partial charge in [0.05, 0.1) is 5.41 Å². The molecule has 0 heterocycles. The van der Waals surface area contributed by atoms with Crippen molar-refractivity contribution in [3.8, 4) is 0 Å². The summed E-state index contributed by atoms with van der Waals surface area (Å²) >= 11 is 3.94. The first-order chi connectivity index (χ1) is 10.8. The number of rotatable bonds is 5. The van der Waals surface area contributed by atoms with E-state index in [0.29, 0.717) is 11.8 Å². The minimum Gasteiger partial charge on any atom is -0.352 e. The second kappa shape index (κ2) is 6.05. The fraction of sp³-hybridized carbons (Fsp3) is 0.889. The van der Waals surface area contributed by atoms with Crippen molar-refractivity contribution >= 4 is 27.7 Å². The Bertz CT molecular complexity index is 493. The zero-order chi connectivity index (χ0) is 16.8. The Morgan fingerprint density at radius 3 is 2.26 bits per heavy atom. The van der Waals surface area contributed by atoms with Crippen LogP contribution in [-0.4, -0.2) is 28.2 Å². The third-order valence-electron chi connectivity index (χ3n) is 6.21. The summed E-state index contributed by atoms with van der Waals surface area (Å²) < 4.78 is 0.163. The number of alkyl halides is 1. The zero-order valence-corrected chi connectivity index (χ0v) is 16.0. The SMILES string of the molecule is CCC(C)NC(=O)C(C)NC(=O)C12CC3CC(CC(Br)(C3)C1)C2. The second-order valence-electron chi connectivity index (χ2n) is 8.41. The number of carbonyl (C=O) groups excluding carboxylic acids is 2. The Morgan fingerprint density at radius 1 is 1.13 bits per heavy atom. The van der Waals surface area contributed by atoms with Gasteiger partial charge in [-0.15, -0.1) is 0 Å². The van der Waals surface area contributed by atoms with Gasteiger partial charge in [-0.25, -0.2) is 0 Å². The van der Waals surface area contributed by atoms with Crippen LogP contribution in [0.3, 0.4) is 0 Å². The van der Waals surface area contributed by atoms with Gasteiger partial charge < -0.3 is 10.6 Å². The summed E-state index contributed by atoms with van der Waals surface area (Å²) in [6, 6.07) is -0.317. The average molecular weight is 385 g/mol. The molecule has 4 rings (SSSR count). The lowest BCUT2D eigenvalue weighted by Gasteiger charge is -2.59. The van der Waals surface area contributed by atoms with Crippen molar-refractivity contribution in [3.05, 3.63) is 0 Å². The van der Waals surface area contributed by atoms with Crippen LogP contribution in [0.1, 0.15) is 65.7 Å². The number of halogens is 1. The zero-order valence-electron chi connectivity index (χ0n) is 14.5. The van der Waals surface area contributed by atoms with E-state index >= 15 is 0 Å². The van der Waals surface area contributed by atoms with Crippen molar-refractivity contribution in [3.63, 3.8) is 0 Å². The molecule has 130 valence electrons. The molecule has 2 N–H and O–H groups in total. The Morgan fingerprint density at radius 2 is 1.74 bits per heavy atom. The van der Waals surface area contributed by atoms with Gasteiger partial charge in [-0.2, -0.15) is 0 Å². The summed E-state index contributed by atoms with van der Waals surface area (Å²) in [5, 5.41) is 5.96. The van der Waals surface area contributed by atoms with Gasteiger partial charge in [-0.3, -0.25) is 9.59 Å². The highest BCUT2D eigenvalue weighted by Crippen LogP contribution is 2.64. The molecule has 4 unspecified atom stereocenters. The number of carbonyl (C=O) groups is 2. The van der Waals surface area contributed by atoms with Gasteiger partial charge in [0, 0.05) is 10.4 Å². The van der Waals surface area contributed by atoms with E-state index < -0.39 is 6.04 Å². The lowest BCUT2D eigenvalue weighted by Crippen LogP contribution is -2.60. The molecule has 4 bridgehead atoms. The monoisotopic (exact) mass is 384 g/mol. The lowest BCUT2D eigenvalue weighted by molar-refractivity contribution is -0.146. The van der Waals surface area contributed by atoms with Crippen LogP contribution >= 0.6 is 15.9 Å². The molecule has 2 amide bonds. The predicted molar refractivity (Wildman–Crippen MR) is 94.3 cm³/mol. The van der Waals surface area contributed by atoms with Gasteiger partial charge in [0.1, 0.15) is 6.04 Å². The minimum absolute atomic E-state index is 0.0778. The van der Waals surface area contributed by atoms with Crippen molar-refractivity contribution in [1.82, 2.24) is 10.6 Å².